The van der Waals surface area contributed by atoms with Crippen molar-refractivity contribution in [2.75, 3.05) is 6.61 Å². The molecule has 2 nitrogen and oxygen atoms in total. The van der Waals surface area contributed by atoms with Crippen molar-refractivity contribution in [2.45, 2.75) is 19.8 Å². The van der Waals surface area contributed by atoms with Gasteiger partial charge in [-0.05, 0) is 12.5 Å². The third-order valence-electron chi connectivity index (χ3n) is 2.55. The standard InChI is InChI=1S/C13H14ClNOS/c1-2-12-11(7-8-16)15-13(17-12)9-5-3-4-6-10(9)14/h3-6,16H,2,7-8H2,1H3. The number of aliphatic hydroxyl groups excluding tert-OH is 1. The number of aromatic nitrogens is 1. The highest BCUT2D eigenvalue weighted by Gasteiger charge is 2.12. The number of nitrogens with zero attached hydrogens (tertiary/aromatic N) is 1. The molecule has 0 radical (unpaired) electrons. The van der Waals surface area contributed by atoms with Crippen LogP contribution in [0.4, 0.5) is 0 Å². The summed E-state index contributed by atoms with van der Waals surface area (Å²) in [6.07, 6.45) is 1.56. The number of halogens is 1. The van der Waals surface area contributed by atoms with E-state index in [0.717, 1.165) is 27.7 Å². The number of rotatable bonds is 4. The van der Waals surface area contributed by atoms with Gasteiger partial charge in [0.1, 0.15) is 5.01 Å². The molecule has 17 heavy (non-hydrogen) atoms. The fourth-order valence-corrected chi connectivity index (χ4v) is 3.08. The van der Waals surface area contributed by atoms with Crippen molar-refractivity contribution in [3.63, 3.8) is 0 Å². The lowest BCUT2D eigenvalue weighted by Gasteiger charge is -1.98. The van der Waals surface area contributed by atoms with Crippen molar-refractivity contribution in [1.29, 1.82) is 0 Å². The number of aliphatic hydroxyl groups is 1. The van der Waals surface area contributed by atoms with Crippen LogP contribution in [-0.2, 0) is 12.8 Å². The van der Waals surface area contributed by atoms with Gasteiger partial charge in [-0.15, -0.1) is 11.3 Å². The van der Waals surface area contributed by atoms with Crippen LogP contribution in [0.25, 0.3) is 10.6 Å². The molecule has 4 heteroatoms. The molecular weight excluding hydrogens is 254 g/mol. The number of aryl methyl sites for hydroxylation is 1. The monoisotopic (exact) mass is 267 g/mol. The number of thiazole rings is 1. The first-order valence-corrected chi connectivity index (χ1v) is 6.80. The molecule has 0 amide bonds. The lowest BCUT2D eigenvalue weighted by atomic mass is 10.2. The highest BCUT2D eigenvalue weighted by molar-refractivity contribution is 7.15. The maximum absolute atomic E-state index is 9.01. The van der Waals surface area contributed by atoms with Crippen LogP contribution in [0, 0.1) is 0 Å². The molecule has 1 N–H and O–H groups in total. The SMILES string of the molecule is CCc1sc(-c2ccccc2Cl)nc1CCO. The normalized spacial score (nSPS) is 10.8. The average Bonchev–Trinajstić information content (AvgIpc) is 2.73. The predicted molar refractivity (Wildman–Crippen MR) is 72.7 cm³/mol. The van der Waals surface area contributed by atoms with Gasteiger partial charge < -0.3 is 5.11 Å². The second-order valence-electron chi connectivity index (χ2n) is 3.70. The highest BCUT2D eigenvalue weighted by Crippen LogP contribution is 2.33. The van der Waals surface area contributed by atoms with E-state index in [-0.39, 0.29) is 6.61 Å². The first kappa shape index (κ1) is 12.6. The molecule has 0 saturated carbocycles. The summed E-state index contributed by atoms with van der Waals surface area (Å²) in [6.45, 7) is 2.24. The van der Waals surface area contributed by atoms with Crippen molar-refractivity contribution < 1.29 is 5.11 Å². The Bertz CT molecular complexity index is 510. The first-order chi connectivity index (χ1) is 8.26. The van der Waals surface area contributed by atoms with Crippen LogP contribution in [0.5, 0.6) is 0 Å². The van der Waals surface area contributed by atoms with E-state index in [1.807, 2.05) is 24.3 Å². The number of benzene rings is 1. The maximum Gasteiger partial charge on any atom is 0.125 e. The van der Waals surface area contributed by atoms with Crippen molar-refractivity contribution in [2.24, 2.45) is 0 Å². The minimum absolute atomic E-state index is 0.138. The second kappa shape index (κ2) is 5.63. The van der Waals surface area contributed by atoms with E-state index in [1.54, 1.807) is 11.3 Å². The van der Waals surface area contributed by atoms with Crippen LogP contribution >= 0.6 is 22.9 Å². The Balaban J connectivity index is 2.43. The smallest absolute Gasteiger partial charge is 0.125 e. The minimum atomic E-state index is 0.138. The van der Waals surface area contributed by atoms with Crippen molar-refractivity contribution in [3.05, 3.63) is 39.9 Å². The lowest BCUT2D eigenvalue weighted by Crippen LogP contribution is -1.94. The number of hydrogen-bond donors (Lipinski definition) is 1. The minimum Gasteiger partial charge on any atom is -0.396 e. The van der Waals surface area contributed by atoms with Crippen molar-refractivity contribution >= 4 is 22.9 Å². The Labute approximate surface area is 110 Å². The molecule has 0 spiro atoms. The largest absolute Gasteiger partial charge is 0.396 e. The topological polar surface area (TPSA) is 33.1 Å². The molecule has 0 aliphatic heterocycles. The molecular formula is C13H14ClNOS. The van der Waals surface area contributed by atoms with Crippen molar-refractivity contribution in [3.8, 4) is 10.6 Å². The van der Waals surface area contributed by atoms with Crippen molar-refractivity contribution in [1.82, 2.24) is 4.98 Å². The Morgan fingerprint density at radius 2 is 2.12 bits per heavy atom. The Morgan fingerprint density at radius 1 is 1.35 bits per heavy atom. The Morgan fingerprint density at radius 3 is 2.76 bits per heavy atom. The van der Waals surface area contributed by atoms with E-state index >= 15 is 0 Å². The van der Waals surface area contributed by atoms with Gasteiger partial charge in [-0.3, -0.25) is 0 Å². The summed E-state index contributed by atoms with van der Waals surface area (Å²) in [4.78, 5) is 5.81. The zero-order chi connectivity index (χ0) is 12.3. The molecule has 0 fully saturated rings. The molecule has 0 unspecified atom stereocenters. The second-order valence-corrected chi connectivity index (χ2v) is 5.19. The Kier molecular flexibility index (Phi) is 4.15. The molecule has 0 atom stereocenters. The molecule has 1 aromatic carbocycles. The summed E-state index contributed by atoms with van der Waals surface area (Å²) in [7, 11) is 0. The third kappa shape index (κ3) is 2.68. The van der Waals surface area contributed by atoms with Gasteiger partial charge >= 0.3 is 0 Å². The molecule has 90 valence electrons. The van der Waals surface area contributed by atoms with Crippen LogP contribution in [0.15, 0.2) is 24.3 Å². The van der Waals surface area contributed by atoms with E-state index in [0.29, 0.717) is 6.42 Å². The summed E-state index contributed by atoms with van der Waals surface area (Å²) in [5.41, 5.74) is 1.97. The fraction of sp³-hybridized carbons (Fsp3) is 0.308. The molecule has 0 saturated heterocycles. The highest BCUT2D eigenvalue weighted by atomic mass is 35.5. The molecule has 2 aromatic rings. The zero-order valence-electron chi connectivity index (χ0n) is 9.61. The molecule has 0 bridgehead atoms. The van der Waals surface area contributed by atoms with E-state index in [2.05, 4.69) is 11.9 Å². The number of hydrogen-bond acceptors (Lipinski definition) is 3. The summed E-state index contributed by atoms with van der Waals surface area (Å²) < 4.78 is 0. The molecule has 0 aliphatic carbocycles. The van der Waals surface area contributed by atoms with Gasteiger partial charge in [-0.1, -0.05) is 36.7 Å². The third-order valence-corrected chi connectivity index (χ3v) is 4.16. The van der Waals surface area contributed by atoms with Crippen LogP contribution in [-0.4, -0.2) is 16.7 Å². The zero-order valence-corrected chi connectivity index (χ0v) is 11.2. The summed E-state index contributed by atoms with van der Waals surface area (Å²) in [5, 5.41) is 10.7. The molecule has 2 rings (SSSR count). The van der Waals surface area contributed by atoms with Crippen LogP contribution in [0.1, 0.15) is 17.5 Å². The molecule has 0 aliphatic rings. The van der Waals surface area contributed by atoms with E-state index < -0.39 is 0 Å². The molecule has 1 heterocycles. The van der Waals surface area contributed by atoms with Crippen LogP contribution in [0.3, 0.4) is 0 Å². The lowest BCUT2D eigenvalue weighted by molar-refractivity contribution is 0.298. The maximum atomic E-state index is 9.01. The van der Waals surface area contributed by atoms with Crippen LogP contribution in [0.2, 0.25) is 5.02 Å². The summed E-state index contributed by atoms with van der Waals surface area (Å²) in [5.74, 6) is 0. The molecule has 1 aromatic heterocycles. The quantitative estimate of drug-likeness (QED) is 0.919. The van der Waals surface area contributed by atoms with E-state index in [1.165, 1.54) is 4.88 Å². The van der Waals surface area contributed by atoms with Gasteiger partial charge in [0.25, 0.3) is 0 Å². The van der Waals surface area contributed by atoms with Gasteiger partial charge in [0.2, 0.25) is 0 Å². The van der Waals surface area contributed by atoms with Gasteiger partial charge in [0, 0.05) is 23.5 Å². The van der Waals surface area contributed by atoms with Gasteiger partial charge in [-0.25, -0.2) is 4.98 Å². The summed E-state index contributed by atoms with van der Waals surface area (Å²) in [6, 6.07) is 7.72. The van der Waals surface area contributed by atoms with Gasteiger partial charge in [0.05, 0.1) is 10.7 Å². The summed E-state index contributed by atoms with van der Waals surface area (Å²) >= 11 is 7.82. The fourth-order valence-electron chi connectivity index (χ4n) is 1.71. The Hall–Kier alpha value is -0.900. The van der Waals surface area contributed by atoms with Crippen LogP contribution < -0.4 is 0 Å². The predicted octanol–water partition coefficient (Wildman–Crippen LogP) is 3.56. The first-order valence-electron chi connectivity index (χ1n) is 5.60. The van der Waals surface area contributed by atoms with E-state index in [4.69, 9.17) is 16.7 Å². The average molecular weight is 268 g/mol. The van der Waals surface area contributed by atoms with Gasteiger partial charge in [0.15, 0.2) is 0 Å². The van der Waals surface area contributed by atoms with Gasteiger partial charge in [-0.2, -0.15) is 0 Å². The van der Waals surface area contributed by atoms with E-state index in [9.17, 15) is 0 Å².